The Kier molecular flexibility index (Phi) is 1.39. The maximum atomic E-state index is 5.22. The lowest BCUT2D eigenvalue weighted by atomic mass is 10.3. The second kappa shape index (κ2) is 2.27. The van der Waals surface area contributed by atoms with E-state index in [1.54, 1.807) is 0 Å². The fourth-order valence-corrected chi connectivity index (χ4v) is 1.01. The van der Waals surface area contributed by atoms with Crippen molar-refractivity contribution >= 4 is 0 Å². The fraction of sp³-hybridized carbons (Fsp3) is 0.500. The largest absolute Gasteiger partial charge is 0.361 e. The van der Waals surface area contributed by atoms with Gasteiger partial charge >= 0.3 is 0 Å². The first-order valence-electron chi connectivity index (χ1n) is 3.71. The lowest BCUT2D eigenvalue weighted by molar-refractivity contribution is 0.376. The van der Waals surface area contributed by atoms with Crippen LogP contribution in [-0.4, -0.2) is 16.1 Å². The molecular weight excluding hydrogens is 140 g/mol. The molecule has 3 nitrogen and oxygen atoms in total. The highest BCUT2D eigenvalue weighted by molar-refractivity contribution is 5.07. The summed E-state index contributed by atoms with van der Waals surface area (Å²) in [6, 6.07) is 0. The molecule has 0 unspecified atom stereocenters. The summed E-state index contributed by atoms with van der Waals surface area (Å²) in [6.45, 7) is 3.99. The molecule has 1 aliphatic rings. The first-order valence-corrected chi connectivity index (χ1v) is 3.71. The lowest BCUT2D eigenvalue weighted by Gasteiger charge is -1.93. The number of ether oxygens (including phenoxy) is 1. The maximum Gasteiger partial charge on any atom is 0.159 e. The predicted octanol–water partition coefficient (Wildman–Crippen LogP) is 1.24. The topological polar surface area (TPSA) is 38.3 Å². The van der Waals surface area contributed by atoms with Gasteiger partial charge in [0, 0.05) is 12.4 Å². The molecule has 1 aromatic heterocycles. The summed E-state index contributed by atoms with van der Waals surface area (Å²) in [5.41, 5.74) is 1.09. The number of hydrogen-bond acceptors (Lipinski definition) is 3. The van der Waals surface area contributed by atoms with Crippen LogP contribution >= 0.6 is 0 Å². The summed E-state index contributed by atoms with van der Waals surface area (Å²) in [4.78, 5) is 8.31. The molecule has 1 fully saturated rings. The minimum absolute atomic E-state index is 0.149. The molecule has 3 heteroatoms. The van der Waals surface area contributed by atoms with E-state index < -0.39 is 0 Å². The van der Waals surface area contributed by atoms with Crippen molar-refractivity contribution in [3.05, 3.63) is 23.8 Å². The van der Waals surface area contributed by atoms with Crippen LogP contribution in [0.3, 0.4) is 0 Å². The average Bonchev–Trinajstić information content (AvgIpc) is 2.69. The number of epoxide rings is 1. The summed E-state index contributed by atoms with van der Waals surface area (Å²) in [7, 11) is 0. The van der Waals surface area contributed by atoms with Crippen LogP contribution in [0, 0.1) is 6.92 Å². The zero-order valence-corrected chi connectivity index (χ0v) is 6.61. The number of hydrogen-bond donors (Lipinski definition) is 0. The molecule has 1 aliphatic heterocycles. The molecule has 2 heterocycles. The molecule has 58 valence electrons. The van der Waals surface area contributed by atoms with E-state index in [0.717, 1.165) is 11.4 Å². The summed E-state index contributed by atoms with van der Waals surface area (Å²) >= 11 is 0. The van der Waals surface area contributed by atoms with E-state index in [9.17, 15) is 0 Å². The Labute approximate surface area is 65.4 Å². The Balaban J connectivity index is 2.21. The molecule has 0 N–H and O–H groups in total. The molecule has 0 spiro atoms. The van der Waals surface area contributed by atoms with Crippen LogP contribution in [0.4, 0.5) is 0 Å². The zero-order chi connectivity index (χ0) is 7.84. The van der Waals surface area contributed by atoms with Gasteiger partial charge in [0.15, 0.2) is 5.82 Å². The Morgan fingerprint density at radius 3 is 2.36 bits per heavy atom. The third-order valence-corrected chi connectivity index (χ3v) is 1.77. The van der Waals surface area contributed by atoms with Crippen molar-refractivity contribution in [2.45, 2.75) is 26.1 Å². The van der Waals surface area contributed by atoms with Gasteiger partial charge < -0.3 is 4.74 Å². The molecule has 2 rings (SSSR count). The van der Waals surface area contributed by atoms with Crippen molar-refractivity contribution in [3.63, 3.8) is 0 Å². The van der Waals surface area contributed by atoms with Crippen molar-refractivity contribution in [1.82, 2.24) is 9.97 Å². The van der Waals surface area contributed by atoms with Crippen molar-refractivity contribution in [3.8, 4) is 0 Å². The van der Waals surface area contributed by atoms with Crippen LogP contribution in [0.2, 0.25) is 0 Å². The van der Waals surface area contributed by atoms with Gasteiger partial charge in [0.2, 0.25) is 0 Å². The third kappa shape index (κ3) is 1.24. The van der Waals surface area contributed by atoms with Crippen LogP contribution in [0.25, 0.3) is 0 Å². The second-order valence-electron chi connectivity index (χ2n) is 2.88. The van der Waals surface area contributed by atoms with Crippen LogP contribution in [0.15, 0.2) is 12.4 Å². The van der Waals surface area contributed by atoms with Crippen LogP contribution in [0.5, 0.6) is 0 Å². The summed E-state index contributed by atoms with van der Waals surface area (Å²) in [5, 5.41) is 0. The second-order valence-corrected chi connectivity index (χ2v) is 2.88. The van der Waals surface area contributed by atoms with Crippen molar-refractivity contribution in [1.29, 1.82) is 0 Å². The monoisotopic (exact) mass is 150 g/mol. The average molecular weight is 150 g/mol. The molecule has 1 aromatic rings. The van der Waals surface area contributed by atoms with E-state index in [0.29, 0.717) is 6.10 Å². The minimum Gasteiger partial charge on any atom is -0.361 e. The first-order chi connectivity index (χ1) is 5.27. The number of rotatable bonds is 1. The van der Waals surface area contributed by atoms with E-state index in [-0.39, 0.29) is 6.10 Å². The molecule has 0 aliphatic carbocycles. The molecular formula is C8H10N2O. The summed E-state index contributed by atoms with van der Waals surface area (Å²) in [6.07, 6.45) is 4.08. The molecule has 0 aromatic carbocycles. The van der Waals surface area contributed by atoms with Crippen LogP contribution < -0.4 is 0 Å². The molecule has 2 atom stereocenters. The predicted molar refractivity (Wildman–Crippen MR) is 40.1 cm³/mol. The van der Waals surface area contributed by atoms with Gasteiger partial charge in [-0.2, -0.15) is 0 Å². The Bertz CT molecular complexity index is 257. The van der Waals surface area contributed by atoms with Gasteiger partial charge in [-0.3, -0.25) is 0 Å². The fourth-order valence-electron chi connectivity index (χ4n) is 1.01. The van der Waals surface area contributed by atoms with Gasteiger partial charge in [0.05, 0.1) is 6.10 Å². The molecule has 1 saturated heterocycles. The lowest BCUT2D eigenvalue weighted by Crippen LogP contribution is -1.93. The quantitative estimate of drug-likeness (QED) is 0.565. The highest BCUT2D eigenvalue weighted by Gasteiger charge is 2.38. The van der Waals surface area contributed by atoms with Gasteiger partial charge in [-0.1, -0.05) is 0 Å². The van der Waals surface area contributed by atoms with Crippen molar-refractivity contribution in [2.75, 3.05) is 0 Å². The maximum absolute atomic E-state index is 5.22. The minimum atomic E-state index is 0.149. The normalized spacial score (nSPS) is 28.5. The van der Waals surface area contributed by atoms with Crippen molar-refractivity contribution < 1.29 is 4.74 Å². The summed E-state index contributed by atoms with van der Waals surface area (Å²) < 4.78 is 5.22. The van der Waals surface area contributed by atoms with Crippen LogP contribution in [-0.2, 0) is 4.74 Å². The van der Waals surface area contributed by atoms with E-state index in [2.05, 4.69) is 9.97 Å². The Morgan fingerprint density at radius 2 is 1.91 bits per heavy atom. The Hall–Kier alpha value is -0.960. The molecule has 0 saturated carbocycles. The van der Waals surface area contributed by atoms with Gasteiger partial charge in [0.1, 0.15) is 6.10 Å². The van der Waals surface area contributed by atoms with E-state index in [4.69, 9.17) is 4.74 Å². The number of aryl methyl sites for hydroxylation is 1. The van der Waals surface area contributed by atoms with E-state index >= 15 is 0 Å². The SMILES string of the molecule is Cc1cnc([C@@H]2O[C@H]2C)nc1. The molecule has 11 heavy (non-hydrogen) atoms. The molecule has 0 amide bonds. The highest BCUT2D eigenvalue weighted by atomic mass is 16.6. The zero-order valence-electron chi connectivity index (χ0n) is 6.61. The van der Waals surface area contributed by atoms with Gasteiger partial charge in [-0.25, -0.2) is 9.97 Å². The van der Waals surface area contributed by atoms with Gasteiger partial charge in [-0.15, -0.1) is 0 Å². The van der Waals surface area contributed by atoms with E-state index in [1.807, 2.05) is 26.2 Å². The Morgan fingerprint density at radius 1 is 1.36 bits per heavy atom. The molecule has 0 bridgehead atoms. The highest BCUT2D eigenvalue weighted by Crippen LogP contribution is 2.35. The summed E-state index contributed by atoms with van der Waals surface area (Å²) in [5.74, 6) is 0.808. The van der Waals surface area contributed by atoms with Gasteiger partial charge in [0.25, 0.3) is 0 Å². The first kappa shape index (κ1) is 6.73. The van der Waals surface area contributed by atoms with Crippen molar-refractivity contribution in [2.24, 2.45) is 0 Å². The molecule has 0 radical (unpaired) electrons. The number of nitrogens with zero attached hydrogens (tertiary/aromatic N) is 2. The standard InChI is InChI=1S/C8H10N2O/c1-5-3-9-8(10-4-5)7-6(2)11-7/h3-4,6-7H,1-2H3/t6-,7+/m0/s1. The van der Waals surface area contributed by atoms with E-state index in [1.165, 1.54) is 0 Å². The third-order valence-electron chi connectivity index (χ3n) is 1.77. The number of aromatic nitrogens is 2. The van der Waals surface area contributed by atoms with Crippen LogP contribution in [0.1, 0.15) is 24.4 Å². The van der Waals surface area contributed by atoms with Gasteiger partial charge in [-0.05, 0) is 19.4 Å². The smallest absolute Gasteiger partial charge is 0.159 e.